The zero-order valence-corrected chi connectivity index (χ0v) is 12.4. The Morgan fingerprint density at radius 3 is 2.86 bits per heavy atom. The number of nitrogens with zero attached hydrogens (tertiary/aromatic N) is 2. The fourth-order valence-electron chi connectivity index (χ4n) is 2.00. The molecule has 0 amide bonds. The zero-order valence-electron chi connectivity index (χ0n) is 11.6. The maximum atomic E-state index is 9.17. The van der Waals surface area contributed by atoms with E-state index in [0.29, 0.717) is 5.95 Å². The lowest BCUT2D eigenvalue weighted by Gasteiger charge is -2.07. The summed E-state index contributed by atoms with van der Waals surface area (Å²) in [5.74, 6) is 0.550. The van der Waals surface area contributed by atoms with E-state index in [9.17, 15) is 0 Å². The number of rotatable bonds is 4. The Labute approximate surface area is 127 Å². The summed E-state index contributed by atoms with van der Waals surface area (Å²) in [7, 11) is 2.08. The molecule has 0 aliphatic rings. The Hall–Kier alpha value is -2.18. The summed E-state index contributed by atoms with van der Waals surface area (Å²) in [4.78, 5) is 9.90. The summed E-state index contributed by atoms with van der Waals surface area (Å²) < 4.78 is 1.26. The van der Waals surface area contributed by atoms with Gasteiger partial charge < -0.3 is 10.4 Å². The molecule has 0 bridgehead atoms. The second kappa shape index (κ2) is 6.07. The molecule has 3 rings (SSSR count). The minimum Gasteiger partial charge on any atom is -0.392 e. The second-order valence-electron chi connectivity index (χ2n) is 4.66. The van der Waals surface area contributed by atoms with Gasteiger partial charge in [0.15, 0.2) is 7.85 Å². The van der Waals surface area contributed by atoms with Crippen LogP contribution in [0.15, 0.2) is 48.7 Å². The molecule has 2 heterocycles. The third-order valence-corrected chi connectivity index (χ3v) is 4.04. The summed E-state index contributed by atoms with van der Waals surface area (Å²) in [5.41, 5.74) is 2.62. The van der Waals surface area contributed by atoms with Gasteiger partial charge in [-0.1, -0.05) is 18.2 Å². The van der Waals surface area contributed by atoms with Gasteiger partial charge in [-0.2, -0.15) is 0 Å². The van der Waals surface area contributed by atoms with Gasteiger partial charge in [-0.05, 0) is 34.6 Å². The maximum absolute atomic E-state index is 9.17. The zero-order chi connectivity index (χ0) is 14.7. The van der Waals surface area contributed by atoms with E-state index in [1.165, 1.54) is 4.78 Å². The molecule has 0 saturated carbocycles. The quantitative estimate of drug-likeness (QED) is 0.719. The van der Waals surface area contributed by atoms with Gasteiger partial charge in [0, 0.05) is 11.9 Å². The van der Waals surface area contributed by atoms with Crippen molar-refractivity contribution in [3.8, 4) is 10.6 Å². The van der Waals surface area contributed by atoms with Crippen molar-refractivity contribution in [2.45, 2.75) is 6.61 Å². The highest BCUT2D eigenvalue weighted by atomic mass is 32.1. The summed E-state index contributed by atoms with van der Waals surface area (Å²) >= 11 is 1.71. The first kappa shape index (κ1) is 13.8. The number of hydrogen-bond acceptors (Lipinski definition) is 5. The maximum Gasteiger partial charge on any atom is 0.227 e. The third kappa shape index (κ3) is 3.29. The van der Waals surface area contributed by atoms with E-state index < -0.39 is 0 Å². The molecule has 0 unspecified atom stereocenters. The van der Waals surface area contributed by atoms with E-state index in [4.69, 9.17) is 5.11 Å². The molecule has 0 fully saturated rings. The van der Waals surface area contributed by atoms with Crippen molar-refractivity contribution in [2.75, 3.05) is 5.32 Å². The van der Waals surface area contributed by atoms with Gasteiger partial charge in [0.2, 0.25) is 5.95 Å². The monoisotopic (exact) mass is 295 g/mol. The van der Waals surface area contributed by atoms with Crippen LogP contribution in [0.3, 0.4) is 0 Å². The van der Waals surface area contributed by atoms with Gasteiger partial charge in [-0.25, -0.2) is 9.97 Å². The van der Waals surface area contributed by atoms with Crippen molar-refractivity contribution in [1.29, 1.82) is 0 Å². The number of anilines is 2. The average Bonchev–Trinajstić information content (AvgIpc) is 2.94. The molecular formula is C15H14BN3OS. The van der Waals surface area contributed by atoms with Crippen LogP contribution in [0.1, 0.15) is 5.56 Å². The summed E-state index contributed by atoms with van der Waals surface area (Å²) in [6.45, 7) is 0.0187. The molecule has 21 heavy (non-hydrogen) atoms. The lowest BCUT2D eigenvalue weighted by atomic mass is 10.1. The molecular weight excluding hydrogens is 281 g/mol. The number of thiophene rings is 1. The molecule has 4 nitrogen and oxygen atoms in total. The van der Waals surface area contributed by atoms with Crippen LogP contribution in [0.4, 0.5) is 11.6 Å². The standard InChI is InChI=1S/C15H14BN3OS/c16-14-5-4-13(21-14)12-6-7-17-15(19-12)18-11-3-1-2-10(8-11)9-20/h1-8,20H,9,16H2,(H,17,18,19). The first-order valence-electron chi connectivity index (χ1n) is 6.61. The van der Waals surface area contributed by atoms with Crippen molar-refractivity contribution in [2.24, 2.45) is 0 Å². The molecule has 1 aromatic carbocycles. The Kier molecular flexibility index (Phi) is 3.99. The number of benzene rings is 1. The minimum absolute atomic E-state index is 0.0187. The minimum atomic E-state index is 0.0187. The lowest BCUT2D eigenvalue weighted by Crippen LogP contribution is -1.98. The molecule has 0 radical (unpaired) electrons. The van der Waals surface area contributed by atoms with E-state index in [-0.39, 0.29) is 6.61 Å². The predicted octanol–water partition coefficient (Wildman–Crippen LogP) is 1.70. The van der Waals surface area contributed by atoms with Crippen LogP contribution in [0, 0.1) is 0 Å². The van der Waals surface area contributed by atoms with Gasteiger partial charge >= 0.3 is 0 Å². The third-order valence-electron chi connectivity index (χ3n) is 3.01. The first-order valence-corrected chi connectivity index (χ1v) is 7.43. The Balaban J connectivity index is 1.86. The fraction of sp³-hybridized carbons (Fsp3) is 0.0667. The van der Waals surface area contributed by atoms with Gasteiger partial charge in [0.05, 0.1) is 17.2 Å². The SMILES string of the molecule is Bc1ccc(-c2ccnc(Nc3cccc(CO)c3)n2)s1. The average molecular weight is 295 g/mol. The van der Waals surface area contributed by atoms with E-state index in [0.717, 1.165) is 21.8 Å². The van der Waals surface area contributed by atoms with Crippen LogP contribution in [0.2, 0.25) is 0 Å². The lowest BCUT2D eigenvalue weighted by molar-refractivity contribution is 0.282. The number of aromatic nitrogens is 2. The van der Waals surface area contributed by atoms with E-state index in [1.807, 2.05) is 30.3 Å². The smallest absolute Gasteiger partial charge is 0.227 e. The summed E-state index contributed by atoms with van der Waals surface area (Å²) in [6.07, 6.45) is 1.75. The summed E-state index contributed by atoms with van der Waals surface area (Å²) in [5, 5.41) is 12.3. The fourth-order valence-corrected chi connectivity index (χ4v) is 2.84. The normalized spacial score (nSPS) is 10.5. The van der Waals surface area contributed by atoms with Gasteiger partial charge in [0.1, 0.15) is 0 Å². The van der Waals surface area contributed by atoms with Crippen LogP contribution < -0.4 is 10.1 Å². The number of nitrogens with one attached hydrogen (secondary N) is 1. The van der Waals surface area contributed by atoms with Gasteiger partial charge in [-0.15, -0.1) is 11.3 Å². The molecule has 2 aromatic heterocycles. The van der Waals surface area contributed by atoms with Gasteiger partial charge in [0.25, 0.3) is 0 Å². The predicted molar refractivity (Wildman–Crippen MR) is 89.2 cm³/mol. The van der Waals surface area contributed by atoms with Crippen LogP contribution >= 0.6 is 11.3 Å². The molecule has 6 heteroatoms. The van der Waals surface area contributed by atoms with E-state index in [2.05, 4.69) is 35.3 Å². The number of hydrogen-bond donors (Lipinski definition) is 2. The Morgan fingerprint density at radius 1 is 1.19 bits per heavy atom. The van der Waals surface area contributed by atoms with Crippen LogP contribution in [0.25, 0.3) is 10.6 Å². The van der Waals surface area contributed by atoms with Crippen molar-refractivity contribution in [3.63, 3.8) is 0 Å². The molecule has 104 valence electrons. The first-order chi connectivity index (χ1) is 10.2. The molecule has 0 saturated heterocycles. The Bertz CT molecular complexity index is 760. The highest BCUT2D eigenvalue weighted by Gasteiger charge is 2.05. The molecule has 0 spiro atoms. The van der Waals surface area contributed by atoms with Crippen molar-refractivity contribution < 1.29 is 5.11 Å². The number of aliphatic hydroxyl groups excluding tert-OH is 1. The topological polar surface area (TPSA) is 58.0 Å². The van der Waals surface area contributed by atoms with Crippen molar-refractivity contribution >= 4 is 35.6 Å². The largest absolute Gasteiger partial charge is 0.392 e. The van der Waals surface area contributed by atoms with Crippen LogP contribution in [-0.2, 0) is 6.61 Å². The highest BCUT2D eigenvalue weighted by Crippen LogP contribution is 2.22. The van der Waals surface area contributed by atoms with Crippen molar-refractivity contribution in [3.05, 3.63) is 54.2 Å². The van der Waals surface area contributed by atoms with E-state index in [1.54, 1.807) is 17.5 Å². The van der Waals surface area contributed by atoms with Gasteiger partial charge in [-0.3, -0.25) is 0 Å². The van der Waals surface area contributed by atoms with Crippen LogP contribution in [-0.4, -0.2) is 22.9 Å². The summed E-state index contributed by atoms with van der Waals surface area (Å²) in [6, 6.07) is 13.6. The Morgan fingerprint density at radius 2 is 2.10 bits per heavy atom. The van der Waals surface area contributed by atoms with E-state index >= 15 is 0 Å². The highest BCUT2D eigenvalue weighted by molar-refractivity contribution is 7.23. The van der Waals surface area contributed by atoms with Crippen LogP contribution in [0.5, 0.6) is 0 Å². The van der Waals surface area contributed by atoms with Crippen molar-refractivity contribution in [1.82, 2.24) is 9.97 Å². The second-order valence-corrected chi connectivity index (χ2v) is 5.95. The molecule has 0 aliphatic heterocycles. The number of aliphatic hydroxyl groups is 1. The molecule has 0 atom stereocenters. The molecule has 3 aromatic rings. The molecule has 0 aliphatic carbocycles. The molecule has 2 N–H and O–H groups in total.